The largest absolute Gasteiger partial charge is 0.340 e. The Bertz CT molecular complexity index is 1070. The van der Waals surface area contributed by atoms with Crippen LogP contribution in [-0.2, 0) is 22.7 Å². The van der Waals surface area contributed by atoms with Gasteiger partial charge in [0.05, 0.1) is 6.54 Å². The number of aryl methyl sites for hydroxylation is 1. The van der Waals surface area contributed by atoms with Gasteiger partial charge in [-0.15, -0.1) is 0 Å². The maximum atomic E-state index is 13.5. The number of aldehydes is 1. The highest BCUT2D eigenvalue weighted by atomic mass is 19.1. The van der Waals surface area contributed by atoms with Crippen LogP contribution in [0.5, 0.6) is 0 Å². The molecule has 1 aliphatic heterocycles. The minimum atomic E-state index is -0.298. The van der Waals surface area contributed by atoms with Crippen molar-refractivity contribution in [3.05, 3.63) is 65.7 Å². The molecule has 6 nitrogen and oxygen atoms in total. The van der Waals surface area contributed by atoms with Crippen LogP contribution in [0.15, 0.2) is 48.5 Å². The van der Waals surface area contributed by atoms with Crippen LogP contribution >= 0.6 is 0 Å². The second kappa shape index (κ2) is 9.12. The van der Waals surface area contributed by atoms with E-state index in [0.29, 0.717) is 38.9 Å². The molecule has 31 heavy (non-hydrogen) atoms. The fraction of sp³-hybridized carbons (Fsp3) is 0.292. The minimum absolute atomic E-state index is 0.0347. The van der Waals surface area contributed by atoms with Gasteiger partial charge in [-0.3, -0.25) is 4.79 Å². The third-order valence-corrected chi connectivity index (χ3v) is 5.47. The first-order chi connectivity index (χ1) is 15.0. The van der Waals surface area contributed by atoms with Crippen LogP contribution in [0.1, 0.15) is 30.7 Å². The van der Waals surface area contributed by atoms with Crippen LogP contribution < -0.4 is 5.32 Å². The van der Waals surface area contributed by atoms with Crippen LogP contribution in [0.3, 0.4) is 0 Å². The quantitative estimate of drug-likeness (QED) is 0.453. The predicted octanol–water partition coefficient (Wildman–Crippen LogP) is 4.45. The Morgan fingerprint density at radius 2 is 1.87 bits per heavy atom. The van der Waals surface area contributed by atoms with E-state index >= 15 is 0 Å². The number of halogens is 1. The number of nitrogens with one attached hydrogen (secondary N) is 1. The van der Waals surface area contributed by atoms with Crippen molar-refractivity contribution in [1.82, 2.24) is 14.5 Å². The second-order valence-electron chi connectivity index (χ2n) is 7.75. The van der Waals surface area contributed by atoms with Crippen LogP contribution in [0, 0.1) is 12.7 Å². The minimum Gasteiger partial charge on any atom is -0.340 e. The third kappa shape index (κ3) is 4.66. The molecule has 0 fully saturated rings. The SMILES string of the molecule is Cc1ccc(Nc2c(-c3ccc(F)cc3)nc3n2CCN(C(=O)CCCC=O)C3)cc1. The lowest BCUT2D eigenvalue weighted by Gasteiger charge is -2.28. The molecule has 1 aliphatic rings. The zero-order valence-electron chi connectivity index (χ0n) is 17.5. The first-order valence-electron chi connectivity index (χ1n) is 10.5. The van der Waals surface area contributed by atoms with Gasteiger partial charge >= 0.3 is 0 Å². The van der Waals surface area contributed by atoms with Crippen LogP contribution in [0.25, 0.3) is 11.3 Å². The number of rotatable bonds is 7. The molecule has 3 aromatic rings. The molecule has 0 saturated heterocycles. The summed E-state index contributed by atoms with van der Waals surface area (Å²) in [6, 6.07) is 14.4. The van der Waals surface area contributed by atoms with Crippen LogP contribution in [-0.4, -0.2) is 33.2 Å². The molecular weight excluding hydrogens is 395 g/mol. The standard InChI is InChI=1S/C24H25FN4O2/c1-17-5-11-20(12-6-17)26-24-23(18-7-9-19(25)10-8-18)27-21-16-28(13-14-29(21)24)22(31)4-2-3-15-30/h5-12,15,26H,2-4,13-14,16H2,1H3. The Hall–Kier alpha value is -3.48. The summed E-state index contributed by atoms with van der Waals surface area (Å²) in [6.45, 7) is 3.63. The van der Waals surface area contributed by atoms with Crippen molar-refractivity contribution in [3.8, 4) is 11.3 Å². The Balaban J connectivity index is 1.65. The number of hydrogen-bond acceptors (Lipinski definition) is 4. The number of fused-ring (bicyclic) bond motifs is 1. The number of carbonyl (C=O) groups is 2. The molecule has 0 spiro atoms. The molecule has 0 atom stereocenters. The van der Waals surface area contributed by atoms with Gasteiger partial charge < -0.3 is 19.6 Å². The number of anilines is 2. The Morgan fingerprint density at radius 1 is 1.13 bits per heavy atom. The lowest BCUT2D eigenvalue weighted by molar-refractivity contribution is -0.132. The molecule has 0 aliphatic carbocycles. The van der Waals surface area contributed by atoms with E-state index in [1.807, 2.05) is 31.2 Å². The number of aromatic nitrogens is 2. The van der Waals surface area contributed by atoms with E-state index in [2.05, 4.69) is 9.88 Å². The van der Waals surface area contributed by atoms with Gasteiger partial charge in [-0.1, -0.05) is 17.7 Å². The zero-order chi connectivity index (χ0) is 21.8. The molecule has 0 bridgehead atoms. The van der Waals surface area contributed by atoms with Crippen molar-refractivity contribution < 1.29 is 14.0 Å². The topological polar surface area (TPSA) is 67.2 Å². The molecule has 2 heterocycles. The van der Waals surface area contributed by atoms with E-state index in [4.69, 9.17) is 4.98 Å². The molecule has 160 valence electrons. The smallest absolute Gasteiger partial charge is 0.223 e. The molecule has 1 amide bonds. The van der Waals surface area contributed by atoms with E-state index in [-0.39, 0.29) is 11.7 Å². The van der Waals surface area contributed by atoms with Crippen LogP contribution in [0.2, 0.25) is 0 Å². The van der Waals surface area contributed by atoms with Crippen molar-refractivity contribution in [3.63, 3.8) is 0 Å². The molecular formula is C24H25FN4O2. The summed E-state index contributed by atoms with van der Waals surface area (Å²) in [5.41, 5.74) is 3.64. The number of benzene rings is 2. The monoisotopic (exact) mass is 420 g/mol. The van der Waals surface area contributed by atoms with Gasteiger partial charge in [0.2, 0.25) is 5.91 Å². The third-order valence-electron chi connectivity index (χ3n) is 5.47. The van der Waals surface area contributed by atoms with Crippen molar-refractivity contribution in [1.29, 1.82) is 0 Å². The summed E-state index contributed by atoms with van der Waals surface area (Å²) in [5.74, 6) is 1.35. The summed E-state index contributed by atoms with van der Waals surface area (Å²) in [4.78, 5) is 29.7. The summed E-state index contributed by atoms with van der Waals surface area (Å²) in [6.07, 6.45) is 2.16. The average molecular weight is 420 g/mol. The Kier molecular flexibility index (Phi) is 6.11. The first-order valence-corrected chi connectivity index (χ1v) is 10.5. The molecule has 7 heteroatoms. The second-order valence-corrected chi connectivity index (χ2v) is 7.75. The number of hydrogen-bond donors (Lipinski definition) is 1. The fourth-order valence-corrected chi connectivity index (χ4v) is 3.75. The van der Waals surface area contributed by atoms with E-state index in [0.717, 1.165) is 34.9 Å². The average Bonchev–Trinajstić information content (AvgIpc) is 3.13. The molecule has 0 unspecified atom stereocenters. The zero-order valence-corrected chi connectivity index (χ0v) is 17.5. The molecule has 1 N–H and O–H groups in total. The number of imidazole rings is 1. The number of nitrogens with zero attached hydrogens (tertiary/aromatic N) is 3. The summed E-state index contributed by atoms with van der Waals surface area (Å²) in [7, 11) is 0. The van der Waals surface area contributed by atoms with Crippen molar-refractivity contribution in [2.24, 2.45) is 0 Å². The van der Waals surface area contributed by atoms with E-state index < -0.39 is 0 Å². The Morgan fingerprint density at radius 3 is 2.58 bits per heavy atom. The van der Waals surface area contributed by atoms with Gasteiger partial charge in [0, 0.05) is 37.2 Å². The van der Waals surface area contributed by atoms with E-state index in [9.17, 15) is 14.0 Å². The fourth-order valence-electron chi connectivity index (χ4n) is 3.75. The normalized spacial score (nSPS) is 13.0. The maximum Gasteiger partial charge on any atom is 0.223 e. The lowest BCUT2D eigenvalue weighted by atomic mass is 10.1. The van der Waals surface area contributed by atoms with Crippen molar-refractivity contribution in [2.45, 2.75) is 39.3 Å². The molecule has 2 aromatic carbocycles. The van der Waals surface area contributed by atoms with Gasteiger partial charge in [0.15, 0.2) is 0 Å². The summed E-state index contributed by atoms with van der Waals surface area (Å²) in [5, 5.41) is 3.47. The molecule has 0 radical (unpaired) electrons. The summed E-state index contributed by atoms with van der Waals surface area (Å²) < 4.78 is 15.6. The van der Waals surface area contributed by atoms with Gasteiger partial charge in [-0.2, -0.15) is 0 Å². The Labute approximate surface area is 180 Å². The van der Waals surface area contributed by atoms with Gasteiger partial charge in [-0.05, 0) is 49.7 Å². The first kappa shape index (κ1) is 20.8. The predicted molar refractivity (Wildman–Crippen MR) is 117 cm³/mol. The molecule has 0 saturated carbocycles. The van der Waals surface area contributed by atoms with Crippen molar-refractivity contribution in [2.75, 3.05) is 11.9 Å². The van der Waals surface area contributed by atoms with Crippen LogP contribution in [0.4, 0.5) is 15.9 Å². The van der Waals surface area contributed by atoms with Gasteiger partial charge in [-0.25, -0.2) is 9.37 Å². The van der Waals surface area contributed by atoms with Gasteiger partial charge in [0.25, 0.3) is 0 Å². The van der Waals surface area contributed by atoms with Crippen molar-refractivity contribution >= 4 is 23.7 Å². The van der Waals surface area contributed by atoms with Gasteiger partial charge in [0.1, 0.15) is 29.4 Å². The number of carbonyl (C=O) groups excluding carboxylic acids is 2. The summed E-state index contributed by atoms with van der Waals surface area (Å²) >= 11 is 0. The highest BCUT2D eigenvalue weighted by molar-refractivity contribution is 5.78. The molecule has 1 aromatic heterocycles. The van der Waals surface area contributed by atoms with E-state index in [1.165, 1.54) is 17.7 Å². The molecule has 4 rings (SSSR count). The number of unbranched alkanes of at least 4 members (excludes halogenated alkanes) is 1. The highest BCUT2D eigenvalue weighted by Gasteiger charge is 2.26. The van der Waals surface area contributed by atoms with E-state index in [1.54, 1.807) is 17.0 Å². The maximum absolute atomic E-state index is 13.5. The lowest BCUT2D eigenvalue weighted by Crippen LogP contribution is -2.38. The highest BCUT2D eigenvalue weighted by Crippen LogP contribution is 2.33. The number of amides is 1.